The first-order valence-electron chi connectivity index (χ1n) is 6.19. The van der Waals surface area contributed by atoms with Crippen molar-refractivity contribution in [2.24, 2.45) is 0 Å². The Morgan fingerprint density at radius 2 is 2.16 bits per heavy atom. The molecule has 0 saturated heterocycles. The second-order valence-electron chi connectivity index (χ2n) is 4.30. The summed E-state index contributed by atoms with van der Waals surface area (Å²) in [7, 11) is -2.04. The lowest BCUT2D eigenvalue weighted by molar-refractivity contribution is 0.122. The van der Waals surface area contributed by atoms with Gasteiger partial charge in [0.05, 0.1) is 17.5 Å². The zero-order valence-electron chi connectivity index (χ0n) is 11.8. The SMILES string of the molecule is CCNCc1n[nH]c(C)c1S(=O)(=O)NCC(C)OC. The summed E-state index contributed by atoms with van der Waals surface area (Å²) in [5.41, 5.74) is 1.03. The van der Waals surface area contributed by atoms with Crippen LogP contribution < -0.4 is 10.0 Å². The van der Waals surface area contributed by atoms with Gasteiger partial charge in [-0.2, -0.15) is 5.10 Å². The molecule has 0 bridgehead atoms. The van der Waals surface area contributed by atoms with Gasteiger partial charge < -0.3 is 10.1 Å². The third-order valence-electron chi connectivity index (χ3n) is 2.74. The quantitative estimate of drug-likeness (QED) is 0.633. The highest BCUT2D eigenvalue weighted by Gasteiger charge is 2.24. The average Bonchev–Trinajstić information content (AvgIpc) is 2.75. The smallest absolute Gasteiger partial charge is 0.244 e. The van der Waals surface area contributed by atoms with Gasteiger partial charge in [0.1, 0.15) is 4.90 Å². The Kier molecular flexibility index (Phi) is 5.92. The Morgan fingerprint density at radius 1 is 1.47 bits per heavy atom. The summed E-state index contributed by atoms with van der Waals surface area (Å²) < 4.78 is 32.1. The molecule has 110 valence electrons. The molecule has 1 aromatic rings. The highest BCUT2D eigenvalue weighted by Crippen LogP contribution is 2.17. The Balaban J connectivity index is 2.90. The highest BCUT2D eigenvalue weighted by molar-refractivity contribution is 7.89. The van der Waals surface area contributed by atoms with Crippen LogP contribution in [0.25, 0.3) is 0 Å². The Hall–Kier alpha value is -0.960. The molecule has 0 amide bonds. The fraction of sp³-hybridized carbons (Fsp3) is 0.727. The number of aromatic nitrogens is 2. The first-order valence-corrected chi connectivity index (χ1v) is 7.67. The number of methoxy groups -OCH3 is 1. The third kappa shape index (κ3) is 4.27. The van der Waals surface area contributed by atoms with E-state index in [1.807, 2.05) is 6.92 Å². The maximum absolute atomic E-state index is 12.3. The van der Waals surface area contributed by atoms with Gasteiger partial charge in [-0.15, -0.1) is 0 Å². The molecule has 3 N–H and O–H groups in total. The fourth-order valence-corrected chi connectivity index (χ4v) is 3.05. The van der Waals surface area contributed by atoms with E-state index in [4.69, 9.17) is 4.74 Å². The van der Waals surface area contributed by atoms with E-state index < -0.39 is 10.0 Å². The van der Waals surface area contributed by atoms with Gasteiger partial charge in [-0.3, -0.25) is 5.10 Å². The van der Waals surface area contributed by atoms with Crippen LogP contribution in [0.3, 0.4) is 0 Å². The molecular weight excluding hydrogens is 268 g/mol. The Bertz CT molecular complexity index is 498. The van der Waals surface area contributed by atoms with Crippen molar-refractivity contribution in [2.75, 3.05) is 20.2 Å². The summed E-state index contributed by atoms with van der Waals surface area (Å²) in [4.78, 5) is 0.219. The van der Waals surface area contributed by atoms with Gasteiger partial charge >= 0.3 is 0 Å². The average molecular weight is 290 g/mol. The van der Waals surface area contributed by atoms with Crippen LogP contribution in [0.1, 0.15) is 25.2 Å². The van der Waals surface area contributed by atoms with Crippen LogP contribution in [0.2, 0.25) is 0 Å². The van der Waals surface area contributed by atoms with E-state index in [0.717, 1.165) is 6.54 Å². The van der Waals surface area contributed by atoms with Gasteiger partial charge in [-0.1, -0.05) is 6.92 Å². The van der Waals surface area contributed by atoms with Gasteiger partial charge in [0.2, 0.25) is 10.0 Å². The molecule has 1 heterocycles. The molecule has 19 heavy (non-hydrogen) atoms. The Morgan fingerprint density at radius 3 is 2.74 bits per heavy atom. The highest BCUT2D eigenvalue weighted by atomic mass is 32.2. The predicted molar refractivity (Wildman–Crippen MR) is 72.4 cm³/mol. The molecule has 1 rings (SSSR count). The molecule has 7 nitrogen and oxygen atoms in total. The number of rotatable bonds is 8. The number of sulfonamides is 1. The normalized spacial score (nSPS) is 13.7. The maximum Gasteiger partial charge on any atom is 0.244 e. The van der Waals surface area contributed by atoms with Crippen LogP contribution >= 0.6 is 0 Å². The first kappa shape index (κ1) is 16.1. The van der Waals surface area contributed by atoms with E-state index >= 15 is 0 Å². The van der Waals surface area contributed by atoms with Crippen molar-refractivity contribution in [3.8, 4) is 0 Å². The number of hydrogen-bond acceptors (Lipinski definition) is 5. The number of aryl methyl sites for hydroxylation is 1. The zero-order valence-corrected chi connectivity index (χ0v) is 12.6. The molecule has 0 aliphatic carbocycles. The number of aromatic amines is 1. The van der Waals surface area contributed by atoms with Crippen LogP contribution in [0.5, 0.6) is 0 Å². The van der Waals surface area contributed by atoms with Gasteiger partial charge in [0.15, 0.2) is 0 Å². The molecule has 0 saturated carbocycles. The van der Waals surface area contributed by atoms with Crippen molar-refractivity contribution >= 4 is 10.0 Å². The Labute approximate surface area is 114 Å². The van der Waals surface area contributed by atoms with Gasteiger partial charge in [0.25, 0.3) is 0 Å². The lowest BCUT2D eigenvalue weighted by Crippen LogP contribution is -2.32. The molecule has 0 aromatic carbocycles. The van der Waals surface area contributed by atoms with E-state index in [1.165, 1.54) is 0 Å². The first-order chi connectivity index (χ1) is 8.92. The molecule has 1 unspecified atom stereocenters. The predicted octanol–water partition coefficient (Wildman–Crippen LogP) is 0.141. The maximum atomic E-state index is 12.3. The molecule has 0 fully saturated rings. The van der Waals surface area contributed by atoms with Crippen LogP contribution in [-0.4, -0.2) is 44.9 Å². The van der Waals surface area contributed by atoms with E-state index in [-0.39, 0.29) is 17.5 Å². The molecule has 0 aliphatic rings. The molecule has 1 atom stereocenters. The number of H-pyrrole nitrogens is 1. The lowest BCUT2D eigenvalue weighted by Gasteiger charge is -2.12. The summed E-state index contributed by atoms with van der Waals surface area (Å²) in [6.45, 7) is 6.83. The van der Waals surface area contributed by atoms with E-state index in [1.54, 1.807) is 21.0 Å². The standard InChI is InChI=1S/C11H22N4O3S/c1-5-12-7-10-11(9(3)14-15-10)19(16,17)13-6-8(2)18-4/h8,12-13H,5-7H2,1-4H3,(H,14,15). The number of ether oxygens (including phenoxy) is 1. The lowest BCUT2D eigenvalue weighted by atomic mass is 10.3. The van der Waals surface area contributed by atoms with Crippen molar-refractivity contribution in [3.05, 3.63) is 11.4 Å². The van der Waals surface area contributed by atoms with Crippen LogP contribution in [0.15, 0.2) is 4.90 Å². The van der Waals surface area contributed by atoms with Crippen molar-refractivity contribution in [1.29, 1.82) is 0 Å². The minimum atomic E-state index is -3.58. The van der Waals surface area contributed by atoms with E-state index in [2.05, 4.69) is 20.2 Å². The summed E-state index contributed by atoms with van der Waals surface area (Å²) in [6.07, 6.45) is -0.181. The summed E-state index contributed by atoms with van der Waals surface area (Å²) in [5.74, 6) is 0. The topological polar surface area (TPSA) is 96.1 Å². The van der Waals surface area contributed by atoms with Crippen LogP contribution in [0.4, 0.5) is 0 Å². The van der Waals surface area contributed by atoms with Crippen molar-refractivity contribution in [3.63, 3.8) is 0 Å². The monoisotopic (exact) mass is 290 g/mol. The summed E-state index contributed by atoms with van der Waals surface area (Å²) in [5, 5.41) is 9.81. The molecule has 0 radical (unpaired) electrons. The van der Waals surface area contributed by atoms with Crippen molar-refractivity contribution in [1.82, 2.24) is 20.2 Å². The van der Waals surface area contributed by atoms with Crippen LogP contribution in [0, 0.1) is 6.92 Å². The van der Waals surface area contributed by atoms with Crippen molar-refractivity contribution < 1.29 is 13.2 Å². The molecule has 0 aliphatic heterocycles. The summed E-state index contributed by atoms with van der Waals surface area (Å²) >= 11 is 0. The number of hydrogen-bond donors (Lipinski definition) is 3. The molecule has 1 aromatic heterocycles. The van der Waals surface area contributed by atoms with Crippen molar-refractivity contribution in [2.45, 2.75) is 38.3 Å². The largest absolute Gasteiger partial charge is 0.380 e. The van der Waals surface area contributed by atoms with Gasteiger partial charge in [-0.05, 0) is 20.4 Å². The molecular formula is C11H22N4O3S. The molecule has 0 spiro atoms. The second kappa shape index (κ2) is 6.99. The van der Waals surface area contributed by atoms with Gasteiger partial charge in [-0.25, -0.2) is 13.1 Å². The van der Waals surface area contributed by atoms with E-state index in [0.29, 0.717) is 17.9 Å². The zero-order chi connectivity index (χ0) is 14.5. The third-order valence-corrected chi connectivity index (χ3v) is 4.36. The number of nitrogens with one attached hydrogen (secondary N) is 3. The van der Waals surface area contributed by atoms with Crippen LogP contribution in [-0.2, 0) is 21.3 Å². The fourth-order valence-electron chi connectivity index (χ4n) is 1.57. The molecule has 8 heteroatoms. The second-order valence-corrected chi connectivity index (χ2v) is 6.01. The number of nitrogens with zero attached hydrogens (tertiary/aromatic N) is 1. The minimum Gasteiger partial charge on any atom is -0.380 e. The minimum absolute atomic E-state index is 0.181. The van der Waals surface area contributed by atoms with E-state index in [9.17, 15) is 8.42 Å². The summed E-state index contributed by atoms with van der Waals surface area (Å²) in [6, 6.07) is 0. The van der Waals surface area contributed by atoms with Gasteiger partial charge in [0, 0.05) is 20.2 Å².